The molecular formula is C3HN2O2. The van der Waals surface area contributed by atoms with E-state index >= 15 is 0 Å². The van der Waals surface area contributed by atoms with Gasteiger partial charge in [-0.15, -0.1) is 0 Å². The predicted molar refractivity (Wildman–Crippen MR) is 19.4 cm³/mol. The van der Waals surface area contributed by atoms with Gasteiger partial charge < -0.3 is 4.42 Å². The molecule has 0 aliphatic heterocycles. The van der Waals surface area contributed by atoms with Crippen molar-refractivity contribution in [3.05, 3.63) is 23.3 Å². The van der Waals surface area contributed by atoms with Crippen molar-refractivity contribution in [2.24, 2.45) is 0 Å². The van der Waals surface area contributed by atoms with Crippen LogP contribution in [-0.2, 0) is 0 Å². The third kappa shape index (κ3) is 0.819. The zero-order valence-corrected chi connectivity index (χ0v) is 3.29. The Bertz CT molecular complexity index is 177. The summed E-state index contributed by atoms with van der Waals surface area (Å²) in [5.41, 5.74) is 0. The Morgan fingerprint density at radius 3 is 3.00 bits per heavy atom. The molecule has 1 aromatic rings. The molecule has 4 heteroatoms. The first-order valence-corrected chi connectivity index (χ1v) is 1.58. The average molecular weight is 97.1 g/mol. The maximum atomic E-state index is 9.92. The smallest absolute Gasteiger partial charge is 0.384 e. The molecule has 0 atom stereocenters. The van der Waals surface area contributed by atoms with Gasteiger partial charge in [0.1, 0.15) is 6.33 Å². The van der Waals surface area contributed by atoms with Gasteiger partial charge in [0, 0.05) is 0 Å². The lowest BCUT2D eigenvalue weighted by Crippen LogP contribution is -2.01. The van der Waals surface area contributed by atoms with E-state index in [1.165, 1.54) is 0 Å². The first kappa shape index (κ1) is 3.98. The van der Waals surface area contributed by atoms with Gasteiger partial charge >= 0.3 is 5.76 Å². The summed E-state index contributed by atoms with van der Waals surface area (Å²) in [6.45, 7) is 0. The minimum atomic E-state index is -0.671. The van der Waals surface area contributed by atoms with Gasteiger partial charge in [0.25, 0.3) is 6.39 Å². The first-order valence-electron chi connectivity index (χ1n) is 1.58. The molecule has 0 aliphatic carbocycles. The highest BCUT2D eigenvalue weighted by atomic mass is 16.4. The summed E-state index contributed by atoms with van der Waals surface area (Å²) in [6.07, 6.45) is 3.04. The summed E-state index contributed by atoms with van der Waals surface area (Å²) in [5, 5.41) is 0. The Morgan fingerprint density at radius 1 is 1.86 bits per heavy atom. The van der Waals surface area contributed by atoms with E-state index in [-0.39, 0.29) is 0 Å². The van der Waals surface area contributed by atoms with Crippen LogP contribution in [0.5, 0.6) is 0 Å². The van der Waals surface area contributed by atoms with Gasteiger partial charge in [-0.05, 0) is 0 Å². The molecule has 0 spiro atoms. The maximum Gasteiger partial charge on any atom is 0.442 e. The molecule has 0 aliphatic rings. The highest BCUT2D eigenvalue weighted by molar-refractivity contribution is 4.45. The zero-order valence-electron chi connectivity index (χ0n) is 3.29. The Balaban J connectivity index is 3.28. The molecule has 0 amide bonds. The standard InChI is InChI=1S/C3HN2O2/c6-3-5-1-4-2-7-3/h1H. The minimum Gasteiger partial charge on any atom is -0.384 e. The number of hydrogen-bond acceptors (Lipinski definition) is 4. The summed E-state index contributed by atoms with van der Waals surface area (Å²) >= 11 is 0. The van der Waals surface area contributed by atoms with Gasteiger partial charge in [-0.2, -0.15) is 9.97 Å². The third-order valence-corrected chi connectivity index (χ3v) is 0.407. The lowest BCUT2D eigenvalue weighted by molar-refractivity contribution is 0.452. The van der Waals surface area contributed by atoms with Crippen LogP contribution in [0.4, 0.5) is 0 Å². The molecule has 1 heterocycles. The highest BCUT2D eigenvalue weighted by Crippen LogP contribution is 1.55. The normalized spacial score (nSPS) is 8.57. The summed E-state index contributed by atoms with van der Waals surface area (Å²) < 4.78 is 4.02. The SMILES string of the molecule is O=c1ncn[c]o1. The van der Waals surface area contributed by atoms with Crippen LogP contribution in [-0.4, -0.2) is 9.97 Å². The van der Waals surface area contributed by atoms with Crippen molar-refractivity contribution in [1.29, 1.82) is 0 Å². The lowest BCUT2D eigenvalue weighted by atomic mass is 11.2. The van der Waals surface area contributed by atoms with Crippen molar-refractivity contribution < 1.29 is 4.42 Å². The fourth-order valence-electron chi connectivity index (χ4n) is 0.191. The molecule has 0 aromatic carbocycles. The minimum absolute atomic E-state index is 0.671. The molecule has 0 saturated heterocycles. The number of rotatable bonds is 0. The van der Waals surface area contributed by atoms with Crippen molar-refractivity contribution in [3.8, 4) is 0 Å². The fraction of sp³-hybridized carbons (Fsp3) is 0. The van der Waals surface area contributed by atoms with Crippen LogP contribution in [0.25, 0.3) is 0 Å². The van der Waals surface area contributed by atoms with Crippen molar-refractivity contribution in [3.63, 3.8) is 0 Å². The molecule has 0 N–H and O–H groups in total. The van der Waals surface area contributed by atoms with Crippen LogP contribution >= 0.6 is 0 Å². The van der Waals surface area contributed by atoms with Crippen molar-refractivity contribution in [2.75, 3.05) is 0 Å². The molecular weight excluding hydrogens is 96.0 g/mol. The molecule has 1 aromatic heterocycles. The molecule has 0 bridgehead atoms. The Morgan fingerprint density at radius 2 is 2.71 bits per heavy atom. The quantitative estimate of drug-likeness (QED) is 0.426. The van der Waals surface area contributed by atoms with Crippen LogP contribution in [0.2, 0.25) is 0 Å². The van der Waals surface area contributed by atoms with E-state index in [2.05, 4.69) is 14.4 Å². The van der Waals surface area contributed by atoms with Crippen molar-refractivity contribution >= 4 is 0 Å². The third-order valence-electron chi connectivity index (χ3n) is 0.407. The van der Waals surface area contributed by atoms with Gasteiger partial charge in [0.2, 0.25) is 0 Å². The molecule has 7 heavy (non-hydrogen) atoms. The molecule has 1 rings (SSSR count). The van der Waals surface area contributed by atoms with Crippen molar-refractivity contribution in [2.45, 2.75) is 0 Å². The largest absolute Gasteiger partial charge is 0.442 e. The van der Waals surface area contributed by atoms with E-state index < -0.39 is 5.76 Å². The Kier molecular flexibility index (Phi) is 0.856. The van der Waals surface area contributed by atoms with Gasteiger partial charge in [0.15, 0.2) is 0 Å². The van der Waals surface area contributed by atoms with E-state index in [1.807, 2.05) is 6.39 Å². The fourth-order valence-corrected chi connectivity index (χ4v) is 0.191. The topological polar surface area (TPSA) is 56.0 Å². The molecule has 0 unspecified atom stereocenters. The zero-order chi connectivity index (χ0) is 5.11. The van der Waals surface area contributed by atoms with E-state index in [0.29, 0.717) is 0 Å². The Labute approximate surface area is 38.8 Å². The van der Waals surface area contributed by atoms with Crippen LogP contribution in [0, 0.1) is 6.39 Å². The summed E-state index contributed by atoms with van der Waals surface area (Å²) in [6, 6.07) is 0. The average Bonchev–Trinajstić information content (AvgIpc) is 1.69. The van der Waals surface area contributed by atoms with Gasteiger partial charge in [-0.25, -0.2) is 4.79 Å². The van der Waals surface area contributed by atoms with Crippen molar-refractivity contribution in [1.82, 2.24) is 9.97 Å². The second-order valence-corrected chi connectivity index (χ2v) is 0.833. The number of hydrogen-bond donors (Lipinski definition) is 0. The van der Waals surface area contributed by atoms with E-state index in [4.69, 9.17) is 0 Å². The van der Waals surface area contributed by atoms with Gasteiger partial charge in [0.05, 0.1) is 0 Å². The second-order valence-electron chi connectivity index (χ2n) is 0.833. The summed E-state index contributed by atoms with van der Waals surface area (Å²) in [5.74, 6) is -0.671. The number of nitrogens with zero attached hydrogens (tertiary/aromatic N) is 2. The maximum absolute atomic E-state index is 9.92. The predicted octanol–water partition coefficient (Wildman–Crippen LogP) is -0.770. The van der Waals surface area contributed by atoms with Crippen LogP contribution in [0.3, 0.4) is 0 Å². The molecule has 4 nitrogen and oxygen atoms in total. The van der Waals surface area contributed by atoms with Gasteiger partial charge in [-0.3, -0.25) is 0 Å². The lowest BCUT2D eigenvalue weighted by Gasteiger charge is -1.69. The van der Waals surface area contributed by atoms with Gasteiger partial charge in [-0.1, -0.05) is 0 Å². The van der Waals surface area contributed by atoms with E-state index in [0.717, 1.165) is 6.33 Å². The first-order chi connectivity index (χ1) is 3.39. The van der Waals surface area contributed by atoms with Crippen LogP contribution in [0.15, 0.2) is 15.5 Å². The number of aromatic nitrogens is 2. The van der Waals surface area contributed by atoms with E-state index in [1.54, 1.807) is 0 Å². The highest BCUT2D eigenvalue weighted by Gasteiger charge is 1.76. The Hall–Kier alpha value is -1.19. The second kappa shape index (κ2) is 1.51. The molecule has 1 radical (unpaired) electrons. The molecule has 0 fully saturated rings. The summed E-state index contributed by atoms with van der Waals surface area (Å²) in [7, 11) is 0. The van der Waals surface area contributed by atoms with Crippen LogP contribution < -0.4 is 5.76 Å². The summed E-state index contributed by atoms with van der Waals surface area (Å²) in [4.78, 5) is 16.3. The van der Waals surface area contributed by atoms with Crippen LogP contribution in [0.1, 0.15) is 0 Å². The molecule has 0 saturated carbocycles. The van der Waals surface area contributed by atoms with E-state index in [9.17, 15) is 4.79 Å². The monoisotopic (exact) mass is 97.0 g/mol. The molecule has 35 valence electrons.